The van der Waals surface area contributed by atoms with Crippen molar-refractivity contribution in [1.82, 2.24) is 20.3 Å². The molecule has 0 radical (unpaired) electrons. The number of aryl methyl sites for hydroxylation is 3. The summed E-state index contributed by atoms with van der Waals surface area (Å²) in [6.45, 7) is 8.75. The van der Waals surface area contributed by atoms with Gasteiger partial charge in [0.25, 0.3) is 5.91 Å². The maximum absolute atomic E-state index is 12.1. The molecule has 5 nitrogen and oxygen atoms in total. The fraction of sp³-hybridized carbons (Fsp3) is 0.500. The first kappa shape index (κ1) is 16.5. The number of carbonyl (C=O) groups excluding carboxylic acids is 1. The molecule has 0 saturated heterocycles. The molecular weight excluding hydrogens is 296 g/mol. The number of carbonyl (C=O) groups is 1. The molecule has 6 heteroatoms. The summed E-state index contributed by atoms with van der Waals surface area (Å²) in [5.41, 5.74) is 1.53. The molecule has 0 spiro atoms. The molecule has 1 amide bonds. The van der Waals surface area contributed by atoms with Crippen LogP contribution in [-0.2, 0) is 6.42 Å². The van der Waals surface area contributed by atoms with E-state index in [2.05, 4.69) is 27.2 Å². The first-order valence-electron chi connectivity index (χ1n) is 7.51. The van der Waals surface area contributed by atoms with Gasteiger partial charge in [0.15, 0.2) is 0 Å². The van der Waals surface area contributed by atoms with E-state index in [9.17, 15) is 4.79 Å². The molecule has 2 heterocycles. The summed E-state index contributed by atoms with van der Waals surface area (Å²) in [5, 5.41) is 4.04. The highest BCUT2D eigenvalue weighted by atomic mass is 32.1. The highest BCUT2D eigenvalue weighted by molar-refractivity contribution is 7.11. The molecule has 0 atom stereocenters. The van der Waals surface area contributed by atoms with E-state index >= 15 is 0 Å². The van der Waals surface area contributed by atoms with Crippen LogP contribution in [-0.4, -0.2) is 27.4 Å². The number of hydrogen-bond donors (Lipinski definition) is 1. The average molecular weight is 318 g/mol. The summed E-state index contributed by atoms with van der Waals surface area (Å²) in [4.78, 5) is 26.3. The van der Waals surface area contributed by atoms with Crippen LogP contribution in [0.1, 0.15) is 58.1 Å². The van der Waals surface area contributed by atoms with Gasteiger partial charge in [-0.1, -0.05) is 13.8 Å². The van der Waals surface area contributed by atoms with Gasteiger partial charge in [-0.05, 0) is 26.3 Å². The Morgan fingerprint density at radius 1 is 1.32 bits per heavy atom. The fourth-order valence-electron chi connectivity index (χ4n) is 1.96. The van der Waals surface area contributed by atoms with Gasteiger partial charge in [-0.2, -0.15) is 0 Å². The van der Waals surface area contributed by atoms with Gasteiger partial charge in [0.2, 0.25) is 0 Å². The summed E-state index contributed by atoms with van der Waals surface area (Å²) in [5.74, 6) is 0.765. The largest absolute Gasteiger partial charge is 0.351 e. The van der Waals surface area contributed by atoms with Crippen LogP contribution in [0.3, 0.4) is 0 Å². The molecule has 0 fully saturated rings. The lowest BCUT2D eigenvalue weighted by Crippen LogP contribution is -2.26. The van der Waals surface area contributed by atoms with Crippen molar-refractivity contribution in [3.63, 3.8) is 0 Å². The zero-order valence-corrected chi connectivity index (χ0v) is 14.3. The van der Waals surface area contributed by atoms with Gasteiger partial charge in [0, 0.05) is 30.0 Å². The minimum atomic E-state index is -0.143. The fourth-order valence-corrected chi connectivity index (χ4v) is 2.93. The van der Waals surface area contributed by atoms with Gasteiger partial charge in [0.1, 0.15) is 11.5 Å². The lowest BCUT2D eigenvalue weighted by atomic mass is 10.2. The minimum absolute atomic E-state index is 0.143. The second-order valence-electron chi connectivity index (χ2n) is 5.56. The maximum Gasteiger partial charge on any atom is 0.270 e. The molecule has 0 unspecified atom stereocenters. The highest BCUT2D eigenvalue weighted by Gasteiger charge is 2.10. The molecule has 0 bridgehead atoms. The van der Waals surface area contributed by atoms with Crippen molar-refractivity contribution in [2.75, 3.05) is 6.54 Å². The van der Waals surface area contributed by atoms with Crippen molar-refractivity contribution in [3.05, 3.63) is 39.4 Å². The van der Waals surface area contributed by atoms with Crippen molar-refractivity contribution in [1.29, 1.82) is 0 Å². The van der Waals surface area contributed by atoms with Crippen molar-refractivity contribution >= 4 is 17.2 Å². The average Bonchev–Trinajstić information content (AvgIpc) is 2.82. The van der Waals surface area contributed by atoms with Crippen LogP contribution in [0.4, 0.5) is 0 Å². The molecule has 1 N–H and O–H groups in total. The molecule has 118 valence electrons. The number of nitrogens with one attached hydrogen (secondary N) is 1. The number of thiazole rings is 1. The number of amides is 1. The Hall–Kier alpha value is -1.82. The van der Waals surface area contributed by atoms with E-state index in [0.717, 1.165) is 23.5 Å². The molecular formula is C16H22N4OS. The Morgan fingerprint density at radius 3 is 2.73 bits per heavy atom. The summed E-state index contributed by atoms with van der Waals surface area (Å²) >= 11 is 1.73. The van der Waals surface area contributed by atoms with Gasteiger partial charge in [0.05, 0.1) is 10.7 Å². The van der Waals surface area contributed by atoms with Crippen LogP contribution >= 0.6 is 11.3 Å². The van der Waals surface area contributed by atoms with Crippen molar-refractivity contribution < 1.29 is 4.79 Å². The second-order valence-corrected chi connectivity index (χ2v) is 6.85. The van der Waals surface area contributed by atoms with E-state index in [1.807, 2.05) is 20.8 Å². The first-order chi connectivity index (χ1) is 10.5. The molecule has 0 aromatic carbocycles. The van der Waals surface area contributed by atoms with E-state index < -0.39 is 0 Å². The van der Waals surface area contributed by atoms with E-state index in [0.29, 0.717) is 18.1 Å². The smallest absolute Gasteiger partial charge is 0.270 e. The normalized spacial score (nSPS) is 11.0. The minimum Gasteiger partial charge on any atom is -0.351 e. The Kier molecular flexibility index (Phi) is 5.60. The molecule has 0 aliphatic heterocycles. The monoisotopic (exact) mass is 318 g/mol. The van der Waals surface area contributed by atoms with Gasteiger partial charge in [-0.15, -0.1) is 11.3 Å². The van der Waals surface area contributed by atoms with E-state index in [4.69, 9.17) is 0 Å². The molecule has 0 saturated carbocycles. The summed E-state index contributed by atoms with van der Waals surface area (Å²) in [7, 11) is 0. The second kappa shape index (κ2) is 7.45. The first-order valence-corrected chi connectivity index (χ1v) is 8.33. The predicted octanol–water partition coefficient (Wildman–Crippen LogP) is 3.04. The van der Waals surface area contributed by atoms with E-state index in [1.54, 1.807) is 23.6 Å². The third kappa shape index (κ3) is 4.34. The maximum atomic E-state index is 12.1. The SMILES string of the molecule is Cc1nc(CCCNC(=O)c2ccnc(C(C)C)n2)sc1C. The quantitative estimate of drug-likeness (QED) is 0.831. The van der Waals surface area contributed by atoms with Crippen LogP contribution in [0.25, 0.3) is 0 Å². The van der Waals surface area contributed by atoms with Crippen LogP contribution in [0.5, 0.6) is 0 Å². The van der Waals surface area contributed by atoms with Gasteiger partial charge >= 0.3 is 0 Å². The Bertz CT molecular complexity index is 632. The van der Waals surface area contributed by atoms with Crippen molar-refractivity contribution in [2.45, 2.75) is 46.5 Å². The predicted molar refractivity (Wildman–Crippen MR) is 88.4 cm³/mol. The third-order valence-electron chi connectivity index (χ3n) is 3.35. The summed E-state index contributed by atoms with van der Waals surface area (Å²) < 4.78 is 0. The number of rotatable bonds is 6. The zero-order chi connectivity index (χ0) is 16.1. The standard InChI is InChI=1S/C16H22N4OS/c1-10(2)15-17-9-7-13(20-15)16(21)18-8-5-6-14-19-11(3)12(4)22-14/h7,9-10H,5-6,8H2,1-4H3,(H,18,21). The van der Waals surface area contributed by atoms with E-state index in [1.165, 1.54) is 4.88 Å². The van der Waals surface area contributed by atoms with Crippen LogP contribution in [0.15, 0.2) is 12.3 Å². The number of hydrogen-bond acceptors (Lipinski definition) is 5. The molecule has 22 heavy (non-hydrogen) atoms. The van der Waals surface area contributed by atoms with E-state index in [-0.39, 0.29) is 11.8 Å². The molecule has 2 rings (SSSR count). The van der Waals surface area contributed by atoms with Crippen LogP contribution < -0.4 is 5.32 Å². The molecule has 2 aromatic heterocycles. The Labute approximate surface area is 135 Å². The van der Waals surface area contributed by atoms with Crippen LogP contribution in [0, 0.1) is 13.8 Å². The number of nitrogens with zero attached hydrogens (tertiary/aromatic N) is 3. The lowest BCUT2D eigenvalue weighted by Gasteiger charge is -2.07. The van der Waals surface area contributed by atoms with Gasteiger partial charge in [-0.25, -0.2) is 15.0 Å². The lowest BCUT2D eigenvalue weighted by molar-refractivity contribution is 0.0947. The van der Waals surface area contributed by atoms with Gasteiger partial charge < -0.3 is 5.32 Å². The van der Waals surface area contributed by atoms with Crippen LogP contribution in [0.2, 0.25) is 0 Å². The zero-order valence-electron chi connectivity index (χ0n) is 13.5. The molecule has 0 aliphatic rings. The van der Waals surface area contributed by atoms with Crippen molar-refractivity contribution in [2.24, 2.45) is 0 Å². The summed E-state index contributed by atoms with van der Waals surface area (Å²) in [6, 6.07) is 1.65. The highest BCUT2D eigenvalue weighted by Crippen LogP contribution is 2.17. The topological polar surface area (TPSA) is 67.8 Å². The molecule has 2 aromatic rings. The Balaban J connectivity index is 1.81. The Morgan fingerprint density at radius 2 is 2.09 bits per heavy atom. The van der Waals surface area contributed by atoms with Crippen molar-refractivity contribution in [3.8, 4) is 0 Å². The summed E-state index contributed by atoms with van der Waals surface area (Å²) in [6.07, 6.45) is 3.40. The third-order valence-corrected chi connectivity index (χ3v) is 4.48. The molecule has 0 aliphatic carbocycles. The number of aromatic nitrogens is 3. The van der Waals surface area contributed by atoms with Gasteiger partial charge in [-0.3, -0.25) is 4.79 Å².